The fourth-order valence-electron chi connectivity index (χ4n) is 3.07. The molecule has 0 fully saturated rings. The fourth-order valence-corrected chi connectivity index (χ4v) is 3.07. The third kappa shape index (κ3) is 2.80. The predicted molar refractivity (Wildman–Crippen MR) is 83.9 cm³/mol. The van der Waals surface area contributed by atoms with Crippen molar-refractivity contribution in [2.24, 2.45) is 11.1 Å². The van der Waals surface area contributed by atoms with Gasteiger partial charge in [-0.05, 0) is 24.0 Å². The highest BCUT2D eigenvalue weighted by Crippen LogP contribution is 2.36. The highest BCUT2D eigenvalue weighted by Gasteiger charge is 2.38. The molecule has 4 heteroatoms. The average Bonchev–Trinajstić information content (AvgIpc) is 2.36. The van der Waals surface area contributed by atoms with Crippen LogP contribution in [0.15, 0.2) is 24.3 Å². The average molecular weight is 275 g/mol. The number of nitrogens with zero attached hydrogens (tertiary/aromatic N) is 1. The predicted octanol–water partition coefficient (Wildman–Crippen LogP) is 2.60. The summed E-state index contributed by atoms with van der Waals surface area (Å²) in [4.78, 5) is 14.2. The lowest BCUT2D eigenvalue weighted by molar-refractivity contribution is -0.115. The Kier molecular flexibility index (Phi) is 4.04. The van der Waals surface area contributed by atoms with Crippen LogP contribution in [0.4, 0.5) is 11.4 Å². The molecule has 4 nitrogen and oxygen atoms in total. The Hall–Kier alpha value is -1.55. The Morgan fingerprint density at radius 2 is 2.00 bits per heavy atom. The van der Waals surface area contributed by atoms with Crippen molar-refractivity contribution >= 4 is 17.3 Å². The van der Waals surface area contributed by atoms with Crippen molar-refractivity contribution in [1.29, 1.82) is 0 Å². The van der Waals surface area contributed by atoms with Crippen LogP contribution >= 0.6 is 0 Å². The molecule has 0 aliphatic carbocycles. The van der Waals surface area contributed by atoms with Crippen LogP contribution in [0.2, 0.25) is 0 Å². The number of amides is 1. The molecule has 20 heavy (non-hydrogen) atoms. The summed E-state index contributed by atoms with van der Waals surface area (Å²) in [7, 11) is 0. The molecule has 2 atom stereocenters. The van der Waals surface area contributed by atoms with E-state index in [4.69, 9.17) is 5.73 Å². The van der Waals surface area contributed by atoms with E-state index in [-0.39, 0.29) is 23.4 Å². The third-order valence-corrected chi connectivity index (χ3v) is 3.90. The number of benzene rings is 1. The lowest BCUT2D eigenvalue weighted by Crippen LogP contribution is -2.58. The zero-order valence-corrected chi connectivity index (χ0v) is 12.8. The maximum absolute atomic E-state index is 12.0. The van der Waals surface area contributed by atoms with Gasteiger partial charge in [-0.1, -0.05) is 39.8 Å². The van der Waals surface area contributed by atoms with Gasteiger partial charge in [0.1, 0.15) is 0 Å². The first-order valence-electron chi connectivity index (χ1n) is 7.25. The lowest BCUT2D eigenvalue weighted by atomic mass is 9.80. The second kappa shape index (κ2) is 5.44. The number of rotatable bonds is 3. The molecule has 0 spiro atoms. The highest BCUT2D eigenvalue weighted by atomic mass is 16.2. The minimum atomic E-state index is 0.000157. The van der Waals surface area contributed by atoms with Gasteiger partial charge < -0.3 is 16.0 Å². The Morgan fingerprint density at radius 3 is 2.60 bits per heavy atom. The zero-order valence-electron chi connectivity index (χ0n) is 12.8. The van der Waals surface area contributed by atoms with Gasteiger partial charge in [0.25, 0.3) is 0 Å². The molecule has 3 N–H and O–H groups in total. The monoisotopic (exact) mass is 275 g/mol. The molecule has 1 aromatic rings. The first kappa shape index (κ1) is 14.9. The van der Waals surface area contributed by atoms with E-state index in [0.29, 0.717) is 6.54 Å². The topological polar surface area (TPSA) is 58.4 Å². The summed E-state index contributed by atoms with van der Waals surface area (Å²) < 4.78 is 0. The third-order valence-electron chi connectivity index (χ3n) is 3.90. The number of anilines is 2. The summed E-state index contributed by atoms with van der Waals surface area (Å²) in [6.07, 6.45) is 0.891. The maximum atomic E-state index is 12.0. The standard InChI is InChI=1S/C16H25N3O/c1-5-11(17)15(16(2,3)4)19-10-14(20)18-12-8-6-7-9-13(12)19/h6-9,11,15H,5,10,17H2,1-4H3,(H,18,20). The van der Waals surface area contributed by atoms with Crippen molar-refractivity contribution < 1.29 is 4.79 Å². The smallest absolute Gasteiger partial charge is 0.243 e. The molecule has 1 amide bonds. The Morgan fingerprint density at radius 1 is 1.35 bits per heavy atom. The second-order valence-corrected chi connectivity index (χ2v) is 6.58. The number of nitrogens with one attached hydrogen (secondary N) is 1. The SMILES string of the molecule is CCC(N)C(N1CC(=O)Nc2ccccc21)C(C)(C)C. The van der Waals surface area contributed by atoms with E-state index in [0.717, 1.165) is 17.8 Å². The highest BCUT2D eigenvalue weighted by molar-refractivity contribution is 6.01. The Labute approximate surface area is 121 Å². The number of hydrogen-bond donors (Lipinski definition) is 2. The largest absolute Gasteiger partial charge is 0.355 e. The van der Waals surface area contributed by atoms with Crippen LogP contribution < -0.4 is 16.0 Å². The molecule has 0 radical (unpaired) electrons. The molecule has 1 aliphatic heterocycles. The first-order valence-corrected chi connectivity index (χ1v) is 7.25. The summed E-state index contributed by atoms with van der Waals surface area (Å²) in [6.45, 7) is 9.01. The maximum Gasteiger partial charge on any atom is 0.243 e. The zero-order chi connectivity index (χ0) is 14.9. The van der Waals surface area contributed by atoms with Crippen LogP contribution in [0.5, 0.6) is 0 Å². The second-order valence-electron chi connectivity index (χ2n) is 6.58. The van der Waals surface area contributed by atoms with Crippen LogP contribution in [0, 0.1) is 5.41 Å². The summed E-state index contributed by atoms with van der Waals surface area (Å²) in [5.41, 5.74) is 8.31. The molecule has 110 valence electrons. The van der Waals surface area contributed by atoms with Crippen molar-refractivity contribution in [2.45, 2.75) is 46.2 Å². The van der Waals surface area contributed by atoms with Gasteiger partial charge in [0.05, 0.1) is 17.9 Å². The Bertz CT molecular complexity index is 493. The molecule has 0 saturated carbocycles. The number of para-hydroxylation sites is 2. The van der Waals surface area contributed by atoms with Gasteiger partial charge in [-0.3, -0.25) is 4.79 Å². The molecule has 0 saturated heterocycles. The van der Waals surface area contributed by atoms with Crippen molar-refractivity contribution in [3.63, 3.8) is 0 Å². The van der Waals surface area contributed by atoms with Crippen molar-refractivity contribution in [1.82, 2.24) is 0 Å². The van der Waals surface area contributed by atoms with Crippen LogP contribution in [-0.4, -0.2) is 24.5 Å². The number of hydrogen-bond acceptors (Lipinski definition) is 3. The molecular weight excluding hydrogens is 250 g/mol. The summed E-state index contributed by atoms with van der Waals surface area (Å²) in [6, 6.07) is 8.09. The molecule has 2 rings (SSSR count). The van der Waals surface area contributed by atoms with Gasteiger partial charge in [0.2, 0.25) is 5.91 Å². The minimum Gasteiger partial charge on any atom is -0.355 e. The van der Waals surface area contributed by atoms with E-state index in [1.54, 1.807) is 0 Å². The first-order chi connectivity index (χ1) is 9.34. The molecule has 2 unspecified atom stereocenters. The Balaban J connectivity index is 2.46. The summed E-state index contributed by atoms with van der Waals surface area (Å²) in [5, 5.41) is 2.93. The van der Waals surface area contributed by atoms with Crippen molar-refractivity contribution in [3.8, 4) is 0 Å². The fraction of sp³-hybridized carbons (Fsp3) is 0.562. The number of carbonyl (C=O) groups is 1. The van der Waals surface area contributed by atoms with Crippen molar-refractivity contribution in [2.75, 3.05) is 16.8 Å². The number of carbonyl (C=O) groups excluding carboxylic acids is 1. The van der Waals surface area contributed by atoms with E-state index in [1.165, 1.54) is 0 Å². The van der Waals surface area contributed by atoms with E-state index in [9.17, 15) is 4.79 Å². The quantitative estimate of drug-likeness (QED) is 0.891. The van der Waals surface area contributed by atoms with Gasteiger partial charge in [-0.25, -0.2) is 0 Å². The summed E-state index contributed by atoms with van der Waals surface area (Å²) in [5.74, 6) is 0.0289. The molecular formula is C16H25N3O. The molecule has 1 aliphatic rings. The van der Waals surface area contributed by atoms with Gasteiger partial charge in [0, 0.05) is 12.1 Å². The summed E-state index contributed by atoms with van der Waals surface area (Å²) >= 11 is 0. The molecule has 0 aromatic heterocycles. The van der Waals surface area contributed by atoms with E-state index < -0.39 is 0 Å². The minimum absolute atomic E-state index is 0.000157. The molecule has 0 bridgehead atoms. The molecule has 1 aromatic carbocycles. The van der Waals surface area contributed by atoms with Crippen LogP contribution in [0.1, 0.15) is 34.1 Å². The van der Waals surface area contributed by atoms with Gasteiger partial charge in [0.15, 0.2) is 0 Å². The van der Waals surface area contributed by atoms with Gasteiger partial charge in [-0.2, -0.15) is 0 Å². The van der Waals surface area contributed by atoms with Crippen LogP contribution in [-0.2, 0) is 4.79 Å². The van der Waals surface area contributed by atoms with Crippen molar-refractivity contribution in [3.05, 3.63) is 24.3 Å². The van der Waals surface area contributed by atoms with E-state index in [1.807, 2.05) is 18.2 Å². The normalized spacial score (nSPS) is 18.2. The number of fused-ring (bicyclic) bond motifs is 1. The van der Waals surface area contributed by atoms with Crippen LogP contribution in [0.3, 0.4) is 0 Å². The lowest BCUT2D eigenvalue weighted by Gasteiger charge is -2.46. The molecule has 1 heterocycles. The van der Waals surface area contributed by atoms with E-state index in [2.05, 4.69) is 44.0 Å². The van der Waals surface area contributed by atoms with Crippen LogP contribution in [0.25, 0.3) is 0 Å². The van der Waals surface area contributed by atoms with Gasteiger partial charge >= 0.3 is 0 Å². The van der Waals surface area contributed by atoms with E-state index >= 15 is 0 Å². The number of nitrogens with two attached hydrogens (primary N) is 1. The van der Waals surface area contributed by atoms with Gasteiger partial charge in [-0.15, -0.1) is 0 Å².